The summed E-state index contributed by atoms with van der Waals surface area (Å²) in [5, 5.41) is 13.6. The van der Waals surface area contributed by atoms with E-state index in [1.54, 1.807) is 6.20 Å². The van der Waals surface area contributed by atoms with Gasteiger partial charge in [0.2, 0.25) is 0 Å². The Kier molecular flexibility index (Phi) is 5.99. The molecule has 1 saturated heterocycles. The fourth-order valence-electron chi connectivity index (χ4n) is 4.92. The molecule has 0 N–H and O–H groups in total. The first kappa shape index (κ1) is 21.6. The lowest BCUT2D eigenvalue weighted by Gasteiger charge is -2.32. The smallest absolute Gasteiger partial charge is 0.0668 e. The second kappa shape index (κ2) is 9.72. The minimum Gasteiger partial charge on any atom is -0.298 e. The van der Waals surface area contributed by atoms with Gasteiger partial charge in [-0.05, 0) is 73.0 Å². The van der Waals surface area contributed by atoms with E-state index >= 15 is 0 Å². The van der Waals surface area contributed by atoms with Crippen molar-refractivity contribution in [2.75, 3.05) is 13.1 Å². The van der Waals surface area contributed by atoms with Gasteiger partial charge in [0.1, 0.15) is 0 Å². The average molecular weight is 464 g/mol. The number of hydrogen-bond acceptors (Lipinski definition) is 4. The van der Waals surface area contributed by atoms with Crippen LogP contribution in [-0.2, 0) is 13.1 Å². The Labute approximate surface area is 205 Å². The van der Waals surface area contributed by atoms with Gasteiger partial charge in [-0.2, -0.15) is 15.3 Å². The van der Waals surface area contributed by atoms with Gasteiger partial charge in [-0.1, -0.05) is 24.3 Å². The number of benzene rings is 2. The van der Waals surface area contributed by atoms with E-state index in [4.69, 9.17) is 5.10 Å². The van der Waals surface area contributed by atoms with Gasteiger partial charge in [-0.15, -0.1) is 0 Å². The summed E-state index contributed by atoms with van der Waals surface area (Å²) in [6.45, 7) is 3.94. The minimum absolute atomic E-state index is 0.482. The summed E-state index contributed by atoms with van der Waals surface area (Å²) in [4.78, 5) is 2.56. The molecule has 6 rings (SSSR count). The summed E-state index contributed by atoms with van der Waals surface area (Å²) >= 11 is 0. The molecule has 3 aromatic heterocycles. The van der Waals surface area contributed by atoms with E-state index < -0.39 is 0 Å². The zero-order valence-electron chi connectivity index (χ0n) is 19.7. The molecule has 0 bridgehead atoms. The van der Waals surface area contributed by atoms with Crippen LogP contribution in [0.15, 0.2) is 97.7 Å². The van der Waals surface area contributed by atoms with Crippen molar-refractivity contribution >= 4 is 0 Å². The molecule has 1 fully saturated rings. The molecule has 0 amide bonds. The van der Waals surface area contributed by atoms with E-state index in [1.807, 2.05) is 40.1 Å². The molecule has 35 heavy (non-hydrogen) atoms. The lowest BCUT2D eigenvalue weighted by molar-refractivity contribution is 0.198. The highest BCUT2D eigenvalue weighted by Crippen LogP contribution is 2.27. The molecule has 1 aliphatic heterocycles. The quantitative estimate of drug-likeness (QED) is 0.352. The number of hydrogen-bond donors (Lipinski definition) is 0. The number of nitrogens with zero attached hydrogens (tertiary/aromatic N) is 7. The predicted octanol–water partition coefficient (Wildman–Crippen LogP) is 4.68. The van der Waals surface area contributed by atoms with Gasteiger partial charge >= 0.3 is 0 Å². The Morgan fingerprint density at radius 2 is 1.34 bits per heavy atom. The lowest BCUT2D eigenvalue weighted by Crippen LogP contribution is -2.34. The first-order chi connectivity index (χ1) is 17.3. The van der Waals surface area contributed by atoms with Crippen LogP contribution in [0.1, 0.15) is 35.6 Å². The molecule has 4 heterocycles. The van der Waals surface area contributed by atoms with Crippen LogP contribution in [0.25, 0.3) is 11.4 Å². The number of aromatic nitrogens is 6. The molecule has 0 aliphatic carbocycles. The molecule has 176 valence electrons. The van der Waals surface area contributed by atoms with E-state index in [2.05, 4.69) is 80.6 Å². The summed E-state index contributed by atoms with van der Waals surface area (Å²) in [6.07, 6.45) is 12.1. The number of piperidine rings is 1. The van der Waals surface area contributed by atoms with Crippen molar-refractivity contribution in [3.8, 4) is 11.4 Å². The van der Waals surface area contributed by atoms with Crippen LogP contribution in [0, 0.1) is 0 Å². The van der Waals surface area contributed by atoms with Crippen molar-refractivity contribution in [1.82, 2.24) is 34.2 Å². The topological polar surface area (TPSA) is 56.7 Å². The Balaban J connectivity index is 1.07. The predicted molar refractivity (Wildman–Crippen MR) is 136 cm³/mol. The summed E-state index contributed by atoms with van der Waals surface area (Å²) in [7, 11) is 0. The maximum atomic E-state index is 4.95. The summed E-state index contributed by atoms with van der Waals surface area (Å²) < 4.78 is 5.83. The van der Waals surface area contributed by atoms with E-state index in [1.165, 1.54) is 29.7 Å². The van der Waals surface area contributed by atoms with Crippen molar-refractivity contribution < 1.29 is 0 Å². The SMILES string of the molecule is c1cnn(-c2ccc(CN3CCCC(c4ccn(Cc5ccc(-n6cccn6)cc5)n4)C3)cc2)c1. The Morgan fingerprint density at radius 3 is 1.94 bits per heavy atom. The molecular formula is C28H29N7. The molecule has 0 spiro atoms. The van der Waals surface area contributed by atoms with Gasteiger partial charge < -0.3 is 0 Å². The summed E-state index contributed by atoms with van der Waals surface area (Å²) in [5.41, 5.74) is 5.94. The average Bonchev–Trinajstić information content (AvgIpc) is 3.69. The largest absolute Gasteiger partial charge is 0.298 e. The van der Waals surface area contributed by atoms with Gasteiger partial charge in [-0.25, -0.2) is 9.36 Å². The zero-order chi connectivity index (χ0) is 23.5. The molecule has 7 nitrogen and oxygen atoms in total. The van der Waals surface area contributed by atoms with Crippen molar-refractivity contribution in [3.05, 3.63) is 115 Å². The van der Waals surface area contributed by atoms with E-state index in [9.17, 15) is 0 Å². The van der Waals surface area contributed by atoms with Crippen LogP contribution in [0.5, 0.6) is 0 Å². The second-order valence-electron chi connectivity index (χ2n) is 9.25. The molecule has 1 unspecified atom stereocenters. The third-order valence-electron chi connectivity index (χ3n) is 6.75. The molecule has 0 saturated carbocycles. The number of likely N-dealkylation sites (tertiary alicyclic amines) is 1. The molecule has 5 aromatic rings. The Hall–Kier alpha value is -3.97. The fraction of sp³-hybridized carbons (Fsp3) is 0.250. The molecule has 7 heteroatoms. The van der Waals surface area contributed by atoms with Crippen molar-refractivity contribution in [2.24, 2.45) is 0 Å². The van der Waals surface area contributed by atoms with Gasteiger partial charge in [-0.3, -0.25) is 9.58 Å². The highest BCUT2D eigenvalue weighted by atomic mass is 15.3. The Morgan fingerprint density at radius 1 is 0.714 bits per heavy atom. The normalized spacial score (nSPS) is 16.5. The molecular weight excluding hydrogens is 434 g/mol. The Bertz CT molecular complexity index is 1330. The van der Waals surface area contributed by atoms with Gasteiger partial charge in [0, 0.05) is 50.0 Å². The van der Waals surface area contributed by atoms with E-state index in [0.29, 0.717) is 5.92 Å². The van der Waals surface area contributed by atoms with Gasteiger partial charge in [0.05, 0.1) is 23.6 Å². The van der Waals surface area contributed by atoms with Crippen LogP contribution >= 0.6 is 0 Å². The third kappa shape index (κ3) is 4.95. The first-order valence-electron chi connectivity index (χ1n) is 12.2. The molecule has 2 aromatic carbocycles. The lowest BCUT2D eigenvalue weighted by atomic mass is 9.94. The monoisotopic (exact) mass is 463 g/mol. The van der Waals surface area contributed by atoms with Crippen LogP contribution in [0.4, 0.5) is 0 Å². The fourth-order valence-corrected chi connectivity index (χ4v) is 4.92. The second-order valence-corrected chi connectivity index (χ2v) is 9.25. The zero-order valence-corrected chi connectivity index (χ0v) is 19.7. The standard InChI is InChI=1S/C28H29N7/c1-4-25(22-32(16-1)20-23-5-9-26(10-6-23)34-17-2-14-29-34)28-13-19-33(31-28)21-24-7-11-27(12-8-24)35-18-3-15-30-35/h2-3,5-15,17-19,25H,1,4,16,20-22H2. The number of rotatable bonds is 7. The van der Waals surface area contributed by atoms with Crippen molar-refractivity contribution in [3.63, 3.8) is 0 Å². The molecule has 1 aliphatic rings. The van der Waals surface area contributed by atoms with E-state index in [-0.39, 0.29) is 0 Å². The summed E-state index contributed by atoms with van der Waals surface area (Å²) in [6, 6.07) is 23.3. The van der Waals surface area contributed by atoms with Crippen molar-refractivity contribution in [2.45, 2.75) is 31.8 Å². The molecule has 1 atom stereocenters. The van der Waals surface area contributed by atoms with Gasteiger partial charge in [0.15, 0.2) is 0 Å². The van der Waals surface area contributed by atoms with Crippen molar-refractivity contribution in [1.29, 1.82) is 0 Å². The first-order valence-corrected chi connectivity index (χ1v) is 12.2. The van der Waals surface area contributed by atoms with Crippen LogP contribution < -0.4 is 0 Å². The van der Waals surface area contributed by atoms with Crippen LogP contribution in [0.3, 0.4) is 0 Å². The van der Waals surface area contributed by atoms with Crippen LogP contribution in [0.2, 0.25) is 0 Å². The minimum atomic E-state index is 0.482. The highest BCUT2D eigenvalue weighted by molar-refractivity contribution is 5.34. The maximum Gasteiger partial charge on any atom is 0.0668 e. The van der Waals surface area contributed by atoms with Crippen LogP contribution in [-0.4, -0.2) is 47.3 Å². The van der Waals surface area contributed by atoms with Gasteiger partial charge in [0.25, 0.3) is 0 Å². The highest BCUT2D eigenvalue weighted by Gasteiger charge is 2.23. The third-order valence-corrected chi connectivity index (χ3v) is 6.75. The molecule has 0 radical (unpaired) electrons. The van der Waals surface area contributed by atoms with E-state index in [0.717, 1.165) is 37.6 Å². The summed E-state index contributed by atoms with van der Waals surface area (Å²) in [5.74, 6) is 0.482. The maximum absolute atomic E-state index is 4.95.